The number of rotatable bonds is 4. The van der Waals surface area contributed by atoms with Crippen molar-refractivity contribution in [3.63, 3.8) is 0 Å². The zero-order valence-electron chi connectivity index (χ0n) is 15.4. The summed E-state index contributed by atoms with van der Waals surface area (Å²) in [6.07, 6.45) is 3.85. The maximum atomic E-state index is 14.4. The molecule has 1 saturated carbocycles. The molecule has 0 bridgehead atoms. The van der Waals surface area contributed by atoms with Crippen molar-refractivity contribution in [3.05, 3.63) is 44.5 Å². The van der Waals surface area contributed by atoms with Crippen LogP contribution in [0.3, 0.4) is 0 Å². The standard InChI is InChI=1S/C19H17ClFN3O4S/c1-28-19(25)15-16(24(26)27)17(29-18(15)20)10-6-7-14-12(8-10)22-9-23(14)13-5-3-2-4-11(13)21/h6-9,11,13H,2-5H2,1H3/t11-,13-/m1/s1. The number of nitrogens with zero attached hydrogens (tertiary/aromatic N) is 3. The lowest BCUT2D eigenvalue weighted by Gasteiger charge is -2.27. The Bertz CT molecular complexity index is 1110. The van der Waals surface area contributed by atoms with Crippen molar-refractivity contribution in [2.24, 2.45) is 0 Å². The summed E-state index contributed by atoms with van der Waals surface area (Å²) in [5.41, 5.74) is 1.23. The predicted molar refractivity (Wildman–Crippen MR) is 108 cm³/mol. The van der Waals surface area contributed by atoms with Crippen LogP contribution in [-0.2, 0) is 4.74 Å². The van der Waals surface area contributed by atoms with Crippen LogP contribution in [0, 0.1) is 10.1 Å². The lowest BCUT2D eigenvalue weighted by molar-refractivity contribution is -0.384. The molecular formula is C19H17ClFN3O4S. The van der Waals surface area contributed by atoms with Gasteiger partial charge in [-0.15, -0.1) is 11.3 Å². The molecule has 1 aliphatic rings. The van der Waals surface area contributed by atoms with Gasteiger partial charge in [-0.1, -0.05) is 30.5 Å². The minimum Gasteiger partial charge on any atom is -0.465 e. The average Bonchev–Trinajstić information content (AvgIpc) is 3.28. The van der Waals surface area contributed by atoms with E-state index in [1.165, 1.54) is 0 Å². The third-order valence-corrected chi connectivity index (χ3v) is 6.69. The molecule has 152 valence electrons. The van der Waals surface area contributed by atoms with Gasteiger partial charge in [-0.05, 0) is 25.0 Å². The van der Waals surface area contributed by atoms with Crippen LogP contribution in [-0.4, -0.2) is 33.7 Å². The van der Waals surface area contributed by atoms with Gasteiger partial charge in [0.05, 0.1) is 35.4 Å². The number of nitro groups is 1. The largest absolute Gasteiger partial charge is 0.465 e. The number of fused-ring (bicyclic) bond motifs is 1. The fourth-order valence-electron chi connectivity index (χ4n) is 3.86. The number of benzene rings is 1. The normalized spacial score (nSPS) is 19.4. The fourth-order valence-corrected chi connectivity index (χ4v) is 5.24. The Morgan fingerprint density at radius 3 is 2.86 bits per heavy atom. The number of carbonyl (C=O) groups is 1. The number of alkyl halides is 1. The van der Waals surface area contributed by atoms with Gasteiger partial charge in [-0.3, -0.25) is 10.1 Å². The number of thiophene rings is 1. The Balaban J connectivity index is 1.80. The Kier molecular flexibility index (Phi) is 5.26. The van der Waals surface area contributed by atoms with E-state index in [0.717, 1.165) is 43.2 Å². The van der Waals surface area contributed by atoms with Crippen molar-refractivity contribution in [1.29, 1.82) is 0 Å². The average molecular weight is 438 g/mol. The molecule has 1 aromatic carbocycles. The molecule has 4 rings (SSSR count). The summed E-state index contributed by atoms with van der Waals surface area (Å²) in [6.45, 7) is 0. The number of aromatic nitrogens is 2. The van der Waals surface area contributed by atoms with Gasteiger partial charge in [-0.25, -0.2) is 14.2 Å². The summed E-state index contributed by atoms with van der Waals surface area (Å²) in [5, 5.41) is 11.6. The molecule has 0 aliphatic heterocycles. The molecule has 2 atom stereocenters. The molecule has 7 nitrogen and oxygen atoms in total. The van der Waals surface area contributed by atoms with Gasteiger partial charge in [0.1, 0.15) is 15.4 Å². The highest BCUT2D eigenvalue weighted by molar-refractivity contribution is 7.20. The minimum atomic E-state index is -0.916. The fraction of sp³-hybridized carbons (Fsp3) is 0.368. The zero-order valence-corrected chi connectivity index (χ0v) is 17.0. The van der Waals surface area contributed by atoms with E-state index in [1.807, 2.05) is 4.57 Å². The van der Waals surface area contributed by atoms with Crippen molar-refractivity contribution in [2.75, 3.05) is 7.11 Å². The van der Waals surface area contributed by atoms with Crippen LogP contribution in [0.5, 0.6) is 0 Å². The van der Waals surface area contributed by atoms with E-state index >= 15 is 0 Å². The van der Waals surface area contributed by atoms with Gasteiger partial charge >= 0.3 is 11.7 Å². The lowest BCUT2D eigenvalue weighted by Crippen LogP contribution is -2.23. The van der Waals surface area contributed by atoms with Crippen LogP contribution in [0.1, 0.15) is 42.1 Å². The van der Waals surface area contributed by atoms with Crippen molar-refractivity contribution in [1.82, 2.24) is 9.55 Å². The number of carbonyl (C=O) groups excluding carboxylic acids is 1. The zero-order chi connectivity index (χ0) is 20.7. The van der Waals surface area contributed by atoms with Gasteiger partial charge in [0.25, 0.3) is 0 Å². The van der Waals surface area contributed by atoms with Crippen molar-refractivity contribution >= 4 is 45.6 Å². The van der Waals surface area contributed by atoms with Gasteiger partial charge in [0.15, 0.2) is 5.56 Å². The molecule has 10 heteroatoms. The van der Waals surface area contributed by atoms with Crippen molar-refractivity contribution in [3.8, 4) is 10.4 Å². The number of esters is 1. The third-order valence-electron chi connectivity index (χ3n) is 5.25. The quantitative estimate of drug-likeness (QED) is 0.302. The van der Waals surface area contributed by atoms with E-state index in [1.54, 1.807) is 24.5 Å². The minimum absolute atomic E-state index is 0.00773. The van der Waals surface area contributed by atoms with E-state index in [4.69, 9.17) is 11.6 Å². The highest BCUT2D eigenvalue weighted by Crippen LogP contribution is 2.45. The monoisotopic (exact) mass is 437 g/mol. The second-order valence-electron chi connectivity index (χ2n) is 6.90. The Morgan fingerprint density at radius 2 is 2.17 bits per heavy atom. The summed E-state index contributed by atoms with van der Waals surface area (Å²) in [4.78, 5) is 27.6. The first-order chi connectivity index (χ1) is 13.9. The summed E-state index contributed by atoms with van der Waals surface area (Å²) >= 11 is 7.05. The number of halogens is 2. The van der Waals surface area contributed by atoms with E-state index in [0.29, 0.717) is 17.5 Å². The van der Waals surface area contributed by atoms with Crippen molar-refractivity contribution in [2.45, 2.75) is 37.9 Å². The number of hydrogen-bond donors (Lipinski definition) is 0. The Labute approximate surface area is 174 Å². The summed E-state index contributed by atoms with van der Waals surface area (Å²) in [6, 6.07) is 4.91. The molecule has 2 aromatic heterocycles. The first-order valence-electron chi connectivity index (χ1n) is 9.08. The first kappa shape index (κ1) is 19.8. The van der Waals surface area contributed by atoms with Crippen LogP contribution < -0.4 is 0 Å². The molecule has 0 spiro atoms. The topological polar surface area (TPSA) is 87.3 Å². The molecule has 0 unspecified atom stereocenters. The Morgan fingerprint density at radius 1 is 1.41 bits per heavy atom. The van der Waals surface area contributed by atoms with E-state index < -0.39 is 17.1 Å². The molecule has 3 aromatic rings. The molecule has 1 aliphatic carbocycles. The van der Waals surface area contributed by atoms with E-state index in [2.05, 4.69) is 9.72 Å². The van der Waals surface area contributed by atoms with Crippen LogP contribution in [0.2, 0.25) is 4.34 Å². The smallest absolute Gasteiger partial charge is 0.347 e. The maximum Gasteiger partial charge on any atom is 0.347 e. The third kappa shape index (κ3) is 3.38. The second-order valence-corrected chi connectivity index (χ2v) is 8.52. The molecule has 0 amide bonds. The SMILES string of the molecule is COC(=O)c1c(Cl)sc(-c2ccc3c(c2)ncn3[C@@H]2CCCC[C@H]2F)c1[N+](=O)[O-]. The highest BCUT2D eigenvalue weighted by atomic mass is 35.5. The first-order valence-corrected chi connectivity index (χ1v) is 10.3. The van der Waals surface area contributed by atoms with Crippen LogP contribution in [0.25, 0.3) is 21.5 Å². The maximum absolute atomic E-state index is 14.4. The van der Waals surface area contributed by atoms with Crippen molar-refractivity contribution < 1.29 is 18.8 Å². The van der Waals surface area contributed by atoms with E-state index in [-0.39, 0.29) is 26.5 Å². The van der Waals surface area contributed by atoms with Crippen LogP contribution in [0.4, 0.5) is 10.1 Å². The molecule has 2 heterocycles. The molecule has 0 radical (unpaired) electrons. The van der Waals surface area contributed by atoms with Gasteiger partial charge in [0.2, 0.25) is 0 Å². The molecule has 29 heavy (non-hydrogen) atoms. The second kappa shape index (κ2) is 7.72. The number of imidazole rings is 1. The molecule has 0 saturated heterocycles. The molecule has 1 fully saturated rings. The summed E-state index contributed by atoms with van der Waals surface area (Å²) < 4.78 is 20.9. The molecule has 0 N–H and O–H groups in total. The van der Waals surface area contributed by atoms with Crippen LogP contribution >= 0.6 is 22.9 Å². The van der Waals surface area contributed by atoms with Gasteiger partial charge in [-0.2, -0.15) is 0 Å². The molecular weight excluding hydrogens is 421 g/mol. The predicted octanol–water partition coefficient (Wildman–Crippen LogP) is 5.57. The number of methoxy groups -OCH3 is 1. The van der Waals surface area contributed by atoms with Gasteiger partial charge in [0, 0.05) is 5.56 Å². The Hall–Kier alpha value is -2.52. The van der Waals surface area contributed by atoms with E-state index in [9.17, 15) is 19.3 Å². The van der Waals surface area contributed by atoms with Crippen LogP contribution in [0.15, 0.2) is 24.5 Å². The lowest BCUT2D eigenvalue weighted by atomic mass is 9.93. The van der Waals surface area contributed by atoms with Gasteiger partial charge < -0.3 is 9.30 Å². The summed E-state index contributed by atoms with van der Waals surface area (Å²) in [5.74, 6) is -0.860. The summed E-state index contributed by atoms with van der Waals surface area (Å²) in [7, 11) is 1.14. The highest BCUT2D eigenvalue weighted by Gasteiger charge is 2.33. The number of hydrogen-bond acceptors (Lipinski definition) is 6. The number of ether oxygens (including phenoxy) is 1.